The molecule has 0 amide bonds. The van der Waals surface area contributed by atoms with Crippen LogP contribution in [0.1, 0.15) is 0 Å². The predicted octanol–water partition coefficient (Wildman–Crippen LogP) is 1.11. The van der Waals surface area contributed by atoms with E-state index in [1.807, 2.05) is 30.3 Å². The molecule has 5 heteroatoms. The Kier molecular flexibility index (Phi) is 1.83. The van der Waals surface area contributed by atoms with Gasteiger partial charge in [-0.05, 0) is 12.1 Å². The van der Waals surface area contributed by atoms with E-state index in [9.17, 15) is 4.79 Å². The Hall–Kier alpha value is -2.43. The minimum atomic E-state index is -0.160. The number of hydrogen-bond acceptors (Lipinski definition) is 3. The summed E-state index contributed by atoms with van der Waals surface area (Å²) >= 11 is 0. The monoisotopic (exact) mass is 212 g/mol. The molecule has 0 atom stereocenters. The second kappa shape index (κ2) is 3.30. The second-order valence-corrected chi connectivity index (χ2v) is 3.40. The fourth-order valence-electron chi connectivity index (χ4n) is 1.60. The molecule has 2 aromatic heterocycles. The second-order valence-electron chi connectivity index (χ2n) is 3.40. The Morgan fingerprint density at radius 2 is 2.00 bits per heavy atom. The molecule has 0 saturated carbocycles. The molecule has 0 radical (unpaired) electrons. The number of hydrogen-bond donors (Lipinski definition) is 1. The summed E-state index contributed by atoms with van der Waals surface area (Å²) in [5.41, 5.74) is 2.10. The molecule has 0 fully saturated rings. The highest BCUT2D eigenvalue weighted by molar-refractivity contribution is 5.74. The largest absolute Gasteiger partial charge is 0.327 e. The maximum Gasteiger partial charge on any atom is 0.250 e. The maximum atomic E-state index is 11.2. The molecule has 16 heavy (non-hydrogen) atoms. The van der Waals surface area contributed by atoms with Gasteiger partial charge in [-0.2, -0.15) is 0 Å². The molecule has 3 aromatic rings. The van der Waals surface area contributed by atoms with E-state index in [0.29, 0.717) is 11.0 Å². The Morgan fingerprint density at radius 3 is 2.81 bits per heavy atom. The Morgan fingerprint density at radius 1 is 1.19 bits per heavy atom. The topological polar surface area (TPSA) is 63.6 Å². The first-order chi connectivity index (χ1) is 7.84. The molecule has 1 N–H and O–H groups in total. The number of benzene rings is 1. The summed E-state index contributed by atoms with van der Waals surface area (Å²) in [4.78, 5) is 13.8. The van der Waals surface area contributed by atoms with Crippen molar-refractivity contribution in [1.29, 1.82) is 0 Å². The van der Waals surface area contributed by atoms with Crippen LogP contribution in [0.3, 0.4) is 0 Å². The minimum absolute atomic E-state index is 0.160. The summed E-state index contributed by atoms with van der Waals surface area (Å²) in [6, 6.07) is 11.1. The third-order valence-electron chi connectivity index (χ3n) is 2.35. The zero-order chi connectivity index (χ0) is 11.0. The highest BCUT2D eigenvalue weighted by atomic mass is 16.1. The van der Waals surface area contributed by atoms with Gasteiger partial charge in [0.25, 0.3) is 0 Å². The third kappa shape index (κ3) is 1.30. The van der Waals surface area contributed by atoms with Crippen LogP contribution in [-0.4, -0.2) is 20.0 Å². The van der Waals surface area contributed by atoms with Gasteiger partial charge in [0, 0.05) is 12.3 Å². The third-order valence-corrected chi connectivity index (χ3v) is 2.35. The molecule has 0 spiro atoms. The average Bonchev–Trinajstić information content (AvgIpc) is 2.73. The van der Waals surface area contributed by atoms with Crippen LogP contribution in [-0.2, 0) is 0 Å². The number of H-pyrrole nitrogens is 1. The van der Waals surface area contributed by atoms with Crippen molar-refractivity contribution in [2.45, 2.75) is 0 Å². The van der Waals surface area contributed by atoms with Crippen LogP contribution in [0.15, 0.2) is 47.4 Å². The van der Waals surface area contributed by atoms with Crippen LogP contribution in [0.4, 0.5) is 0 Å². The van der Waals surface area contributed by atoms with Crippen LogP contribution in [0.25, 0.3) is 16.7 Å². The van der Waals surface area contributed by atoms with Gasteiger partial charge < -0.3 is 4.98 Å². The van der Waals surface area contributed by atoms with Crippen molar-refractivity contribution in [3.05, 3.63) is 52.9 Å². The first kappa shape index (κ1) is 8.84. The summed E-state index contributed by atoms with van der Waals surface area (Å²) in [5, 5.41) is 7.99. The molecule has 0 bridgehead atoms. The summed E-state index contributed by atoms with van der Waals surface area (Å²) < 4.78 is 1.64. The van der Waals surface area contributed by atoms with Crippen LogP contribution in [0, 0.1) is 0 Å². The van der Waals surface area contributed by atoms with Gasteiger partial charge in [0.2, 0.25) is 5.56 Å². The fraction of sp³-hybridized carbons (Fsp3) is 0. The Bertz CT molecular complexity index is 684. The highest BCUT2D eigenvalue weighted by Gasteiger charge is 2.05. The lowest BCUT2D eigenvalue weighted by atomic mass is 10.3. The zero-order valence-corrected chi connectivity index (χ0v) is 8.29. The number of nitrogens with one attached hydrogen (secondary N) is 1. The van der Waals surface area contributed by atoms with Crippen LogP contribution in [0.5, 0.6) is 0 Å². The van der Waals surface area contributed by atoms with Crippen molar-refractivity contribution in [3.8, 4) is 5.69 Å². The van der Waals surface area contributed by atoms with Gasteiger partial charge in [-0.3, -0.25) is 4.79 Å². The molecule has 2 heterocycles. The molecule has 0 saturated heterocycles. The number of fused-ring (bicyclic) bond motifs is 1. The van der Waals surface area contributed by atoms with Crippen molar-refractivity contribution >= 4 is 11.0 Å². The predicted molar refractivity (Wildman–Crippen MR) is 59.5 cm³/mol. The molecular formula is C11H8N4O. The maximum absolute atomic E-state index is 11.2. The molecule has 5 nitrogen and oxygen atoms in total. The van der Waals surface area contributed by atoms with Crippen molar-refractivity contribution < 1.29 is 0 Å². The standard InChI is InChI=1S/C11H8N4O/c16-11-6-10-9(7-12-11)13-14-15(10)8-4-2-1-3-5-8/h1-7H,(H,12,16). The van der Waals surface area contributed by atoms with Gasteiger partial charge in [0.05, 0.1) is 5.69 Å². The zero-order valence-electron chi connectivity index (χ0n) is 8.29. The molecule has 1 aromatic carbocycles. The molecule has 3 rings (SSSR count). The SMILES string of the molecule is O=c1cc2c(c[nH]1)nnn2-c1ccccc1. The summed E-state index contributed by atoms with van der Waals surface area (Å²) in [6.07, 6.45) is 1.56. The van der Waals surface area contributed by atoms with Gasteiger partial charge in [-0.25, -0.2) is 4.68 Å². The number of para-hydroxylation sites is 1. The van der Waals surface area contributed by atoms with E-state index in [0.717, 1.165) is 5.69 Å². The minimum Gasteiger partial charge on any atom is -0.327 e. The lowest BCUT2D eigenvalue weighted by Gasteiger charge is -1.99. The quantitative estimate of drug-likeness (QED) is 0.657. The highest BCUT2D eigenvalue weighted by Crippen LogP contribution is 2.12. The van der Waals surface area contributed by atoms with E-state index in [1.165, 1.54) is 6.07 Å². The molecule has 0 unspecified atom stereocenters. The molecule has 0 aliphatic heterocycles. The van der Waals surface area contributed by atoms with Gasteiger partial charge in [-0.15, -0.1) is 5.10 Å². The van der Waals surface area contributed by atoms with Crippen LogP contribution in [0.2, 0.25) is 0 Å². The Balaban J connectivity index is 2.33. The molecule has 78 valence electrons. The van der Waals surface area contributed by atoms with E-state index in [4.69, 9.17) is 0 Å². The summed E-state index contributed by atoms with van der Waals surface area (Å²) in [7, 11) is 0. The van der Waals surface area contributed by atoms with Gasteiger partial charge in [-0.1, -0.05) is 23.4 Å². The number of aromatic amines is 1. The smallest absolute Gasteiger partial charge is 0.250 e. The van der Waals surface area contributed by atoms with Crippen LogP contribution >= 0.6 is 0 Å². The van der Waals surface area contributed by atoms with Crippen molar-refractivity contribution in [2.24, 2.45) is 0 Å². The summed E-state index contributed by atoms with van der Waals surface area (Å²) in [6.45, 7) is 0. The first-order valence-electron chi connectivity index (χ1n) is 4.84. The molecule has 0 aliphatic rings. The van der Waals surface area contributed by atoms with Crippen molar-refractivity contribution in [1.82, 2.24) is 20.0 Å². The lowest BCUT2D eigenvalue weighted by molar-refractivity contribution is 0.824. The van der Waals surface area contributed by atoms with Gasteiger partial charge in [0.15, 0.2) is 0 Å². The van der Waals surface area contributed by atoms with Gasteiger partial charge >= 0.3 is 0 Å². The molecular weight excluding hydrogens is 204 g/mol. The number of aromatic nitrogens is 4. The first-order valence-corrected chi connectivity index (χ1v) is 4.84. The Labute approximate surface area is 90.3 Å². The van der Waals surface area contributed by atoms with Crippen molar-refractivity contribution in [2.75, 3.05) is 0 Å². The normalized spacial score (nSPS) is 10.8. The van der Waals surface area contributed by atoms with E-state index in [2.05, 4.69) is 15.3 Å². The van der Waals surface area contributed by atoms with Gasteiger partial charge in [0.1, 0.15) is 11.0 Å². The van der Waals surface area contributed by atoms with Crippen LogP contribution < -0.4 is 5.56 Å². The van der Waals surface area contributed by atoms with E-state index in [1.54, 1.807) is 10.9 Å². The average molecular weight is 212 g/mol. The fourth-order valence-corrected chi connectivity index (χ4v) is 1.60. The number of pyridine rings is 1. The lowest BCUT2D eigenvalue weighted by Crippen LogP contribution is -2.04. The van der Waals surface area contributed by atoms with Crippen molar-refractivity contribution in [3.63, 3.8) is 0 Å². The molecule has 0 aliphatic carbocycles. The number of rotatable bonds is 1. The van der Waals surface area contributed by atoms with E-state index < -0.39 is 0 Å². The van der Waals surface area contributed by atoms with E-state index >= 15 is 0 Å². The van der Waals surface area contributed by atoms with E-state index in [-0.39, 0.29) is 5.56 Å². The summed E-state index contributed by atoms with van der Waals surface area (Å²) in [5.74, 6) is 0. The number of nitrogens with zero attached hydrogens (tertiary/aromatic N) is 3.